The molecule has 0 amide bonds. The van der Waals surface area contributed by atoms with E-state index in [2.05, 4.69) is 27.1 Å². The van der Waals surface area contributed by atoms with Crippen molar-refractivity contribution >= 4 is 11.3 Å². The first-order valence-corrected chi connectivity index (χ1v) is 7.54. The molecule has 0 aliphatic heterocycles. The maximum absolute atomic E-state index is 5.94. The van der Waals surface area contributed by atoms with E-state index in [1.54, 1.807) is 11.3 Å². The fraction of sp³-hybridized carbons (Fsp3) is 0.500. The number of nitrogens with two attached hydrogens (primary N) is 1. The van der Waals surface area contributed by atoms with Crippen LogP contribution in [0.15, 0.2) is 30.0 Å². The van der Waals surface area contributed by atoms with Gasteiger partial charge >= 0.3 is 0 Å². The second kappa shape index (κ2) is 5.24. The molecule has 2 heterocycles. The molecular formula is C14H19N3S. The largest absolute Gasteiger partial charge is 0.330 e. The monoisotopic (exact) mass is 261 g/mol. The van der Waals surface area contributed by atoms with Gasteiger partial charge in [0.15, 0.2) is 0 Å². The van der Waals surface area contributed by atoms with Crippen molar-refractivity contribution in [3.05, 3.63) is 30.0 Å². The van der Waals surface area contributed by atoms with E-state index in [9.17, 15) is 0 Å². The first kappa shape index (κ1) is 11.9. The molecule has 2 aromatic rings. The molecule has 2 N–H and O–H groups in total. The molecule has 0 saturated heterocycles. The third kappa shape index (κ3) is 2.10. The lowest BCUT2D eigenvalue weighted by atomic mass is 9.84. The molecule has 0 aromatic carbocycles. The molecule has 0 bridgehead atoms. The Kier molecular flexibility index (Phi) is 3.48. The van der Waals surface area contributed by atoms with Gasteiger partial charge in [-0.25, -0.2) is 4.98 Å². The Balaban J connectivity index is 1.94. The molecular weight excluding hydrogens is 242 g/mol. The molecule has 0 radical (unpaired) electrons. The molecule has 3 rings (SSSR count). The molecule has 2 unspecified atom stereocenters. The van der Waals surface area contributed by atoms with Crippen molar-refractivity contribution in [1.29, 1.82) is 0 Å². The minimum absolute atomic E-state index is 0.531. The lowest BCUT2D eigenvalue weighted by Crippen LogP contribution is -2.29. The van der Waals surface area contributed by atoms with E-state index in [0.29, 0.717) is 12.0 Å². The van der Waals surface area contributed by atoms with Crippen LogP contribution in [0.1, 0.15) is 31.7 Å². The van der Waals surface area contributed by atoms with Gasteiger partial charge in [-0.2, -0.15) is 0 Å². The summed E-state index contributed by atoms with van der Waals surface area (Å²) in [5, 5.41) is 2.12. The van der Waals surface area contributed by atoms with Gasteiger partial charge < -0.3 is 10.3 Å². The van der Waals surface area contributed by atoms with Crippen LogP contribution >= 0.6 is 11.3 Å². The summed E-state index contributed by atoms with van der Waals surface area (Å²) in [6.45, 7) is 0.784. The summed E-state index contributed by atoms with van der Waals surface area (Å²) in [6, 6.07) is 4.79. The van der Waals surface area contributed by atoms with E-state index in [0.717, 1.165) is 6.54 Å². The zero-order valence-corrected chi connectivity index (χ0v) is 11.3. The summed E-state index contributed by atoms with van der Waals surface area (Å²) >= 11 is 1.78. The molecule has 2 aromatic heterocycles. The van der Waals surface area contributed by atoms with Gasteiger partial charge in [-0.1, -0.05) is 18.9 Å². The van der Waals surface area contributed by atoms with Crippen LogP contribution in [-0.4, -0.2) is 16.1 Å². The smallest absolute Gasteiger partial charge is 0.0953 e. The first-order chi connectivity index (χ1) is 8.90. The predicted octanol–water partition coefficient (Wildman–Crippen LogP) is 3.30. The molecule has 96 valence electrons. The summed E-state index contributed by atoms with van der Waals surface area (Å²) in [5.74, 6) is 0.603. The van der Waals surface area contributed by atoms with Gasteiger partial charge in [-0.3, -0.25) is 0 Å². The van der Waals surface area contributed by atoms with Gasteiger partial charge in [0.2, 0.25) is 0 Å². The fourth-order valence-corrected chi connectivity index (χ4v) is 3.75. The van der Waals surface area contributed by atoms with Crippen LogP contribution in [0.4, 0.5) is 0 Å². The van der Waals surface area contributed by atoms with E-state index in [4.69, 9.17) is 5.73 Å². The molecule has 2 atom stereocenters. The second-order valence-corrected chi connectivity index (χ2v) is 5.96. The second-order valence-electron chi connectivity index (χ2n) is 5.01. The lowest BCUT2D eigenvalue weighted by Gasteiger charge is -2.32. The predicted molar refractivity (Wildman–Crippen MR) is 75.6 cm³/mol. The fourth-order valence-electron chi connectivity index (χ4n) is 3.01. The summed E-state index contributed by atoms with van der Waals surface area (Å²) in [5.41, 5.74) is 7.18. The van der Waals surface area contributed by atoms with Gasteiger partial charge in [0.25, 0.3) is 0 Å². The number of rotatable bonds is 3. The molecule has 3 nitrogen and oxygen atoms in total. The molecule has 1 fully saturated rings. The number of hydrogen-bond donors (Lipinski definition) is 1. The molecule has 1 aliphatic carbocycles. The van der Waals surface area contributed by atoms with Crippen LogP contribution in [0.25, 0.3) is 10.6 Å². The Bertz CT molecular complexity index is 489. The van der Waals surface area contributed by atoms with Gasteiger partial charge in [0.05, 0.1) is 23.1 Å². The highest BCUT2D eigenvalue weighted by atomic mass is 32.1. The molecule has 0 spiro atoms. The van der Waals surface area contributed by atoms with Crippen molar-refractivity contribution in [2.45, 2.75) is 31.7 Å². The third-order valence-electron chi connectivity index (χ3n) is 3.97. The zero-order chi connectivity index (χ0) is 12.4. The van der Waals surface area contributed by atoms with Crippen LogP contribution in [0, 0.1) is 5.92 Å². The minimum Gasteiger partial charge on any atom is -0.330 e. The SMILES string of the molecule is NCC1CCCCC1n1cncc1-c1cccs1. The average molecular weight is 261 g/mol. The van der Waals surface area contributed by atoms with E-state index < -0.39 is 0 Å². The van der Waals surface area contributed by atoms with Crippen LogP contribution in [0.2, 0.25) is 0 Å². The van der Waals surface area contributed by atoms with E-state index in [1.165, 1.54) is 36.3 Å². The Morgan fingerprint density at radius 1 is 1.39 bits per heavy atom. The van der Waals surface area contributed by atoms with Crippen LogP contribution in [0.5, 0.6) is 0 Å². The van der Waals surface area contributed by atoms with Crippen molar-refractivity contribution in [2.75, 3.05) is 6.54 Å². The Morgan fingerprint density at radius 3 is 3.06 bits per heavy atom. The zero-order valence-electron chi connectivity index (χ0n) is 10.5. The van der Waals surface area contributed by atoms with Crippen LogP contribution in [0.3, 0.4) is 0 Å². The highest BCUT2D eigenvalue weighted by Crippen LogP contribution is 2.37. The maximum atomic E-state index is 5.94. The Hall–Kier alpha value is -1.13. The van der Waals surface area contributed by atoms with Crippen molar-refractivity contribution in [3.8, 4) is 10.6 Å². The van der Waals surface area contributed by atoms with Crippen molar-refractivity contribution in [2.24, 2.45) is 11.7 Å². The topological polar surface area (TPSA) is 43.8 Å². The van der Waals surface area contributed by atoms with Gasteiger partial charge in [0, 0.05) is 6.04 Å². The summed E-state index contributed by atoms with van der Waals surface area (Å²) in [7, 11) is 0. The lowest BCUT2D eigenvalue weighted by molar-refractivity contribution is 0.246. The molecule has 1 aliphatic rings. The van der Waals surface area contributed by atoms with Crippen molar-refractivity contribution in [1.82, 2.24) is 9.55 Å². The van der Waals surface area contributed by atoms with Gasteiger partial charge in [-0.05, 0) is 36.8 Å². The molecule has 1 saturated carbocycles. The first-order valence-electron chi connectivity index (χ1n) is 6.66. The highest BCUT2D eigenvalue weighted by molar-refractivity contribution is 7.13. The number of nitrogens with zero attached hydrogens (tertiary/aromatic N) is 2. The quantitative estimate of drug-likeness (QED) is 0.921. The number of hydrogen-bond acceptors (Lipinski definition) is 3. The van der Waals surface area contributed by atoms with E-state index >= 15 is 0 Å². The standard InChI is InChI=1S/C14H19N3S/c15-8-11-4-1-2-5-12(11)17-10-16-9-13(17)14-6-3-7-18-14/h3,6-7,9-12H,1-2,4-5,8,15H2. The van der Waals surface area contributed by atoms with Crippen LogP contribution < -0.4 is 5.73 Å². The Morgan fingerprint density at radius 2 is 2.28 bits per heavy atom. The normalized spacial score (nSPS) is 24.3. The highest BCUT2D eigenvalue weighted by Gasteiger charge is 2.27. The number of thiophene rings is 1. The number of aromatic nitrogens is 2. The third-order valence-corrected chi connectivity index (χ3v) is 4.86. The summed E-state index contributed by atoms with van der Waals surface area (Å²) < 4.78 is 2.35. The van der Waals surface area contributed by atoms with E-state index in [1.807, 2.05) is 12.5 Å². The maximum Gasteiger partial charge on any atom is 0.0953 e. The molecule has 4 heteroatoms. The van der Waals surface area contributed by atoms with Crippen molar-refractivity contribution in [3.63, 3.8) is 0 Å². The Labute approximate surface area is 112 Å². The van der Waals surface area contributed by atoms with Gasteiger partial charge in [-0.15, -0.1) is 11.3 Å². The van der Waals surface area contributed by atoms with Gasteiger partial charge in [0.1, 0.15) is 0 Å². The molecule has 18 heavy (non-hydrogen) atoms. The van der Waals surface area contributed by atoms with E-state index in [-0.39, 0.29) is 0 Å². The van der Waals surface area contributed by atoms with Crippen LogP contribution in [-0.2, 0) is 0 Å². The average Bonchev–Trinajstić information content (AvgIpc) is 3.09. The minimum atomic E-state index is 0.531. The number of imidazole rings is 1. The summed E-state index contributed by atoms with van der Waals surface area (Å²) in [6.07, 6.45) is 9.08. The van der Waals surface area contributed by atoms with Crippen molar-refractivity contribution < 1.29 is 0 Å². The summed E-state index contributed by atoms with van der Waals surface area (Å²) in [4.78, 5) is 5.65.